The summed E-state index contributed by atoms with van der Waals surface area (Å²) >= 11 is 1.11. The topological polar surface area (TPSA) is 102 Å². The van der Waals surface area contributed by atoms with Gasteiger partial charge in [-0.2, -0.15) is 0 Å². The highest BCUT2D eigenvalue weighted by Crippen LogP contribution is 2.41. The van der Waals surface area contributed by atoms with Crippen molar-refractivity contribution in [3.63, 3.8) is 0 Å². The van der Waals surface area contributed by atoms with Crippen LogP contribution in [0.15, 0.2) is 0 Å². The van der Waals surface area contributed by atoms with E-state index in [1.165, 1.54) is 0 Å². The summed E-state index contributed by atoms with van der Waals surface area (Å²) in [5, 5.41) is 7.15. The summed E-state index contributed by atoms with van der Waals surface area (Å²) in [5.41, 5.74) is 4.10. The normalized spacial score (nSPS) is 25.3. The SMILES string of the molecule is CCCC[C@]1(C(=O)OCC)C[C@@H](CSC(=N)N)OC1=O. The summed E-state index contributed by atoms with van der Waals surface area (Å²) in [6, 6.07) is 0. The number of rotatable bonds is 7. The van der Waals surface area contributed by atoms with Crippen molar-refractivity contribution in [3.8, 4) is 0 Å². The number of thioether (sulfide) groups is 1. The van der Waals surface area contributed by atoms with E-state index in [-0.39, 0.29) is 11.8 Å². The standard InChI is InChI=1S/C13H22N2O4S/c1-3-5-6-13(10(16)18-4-2)7-9(19-11(13)17)8-20-12(14)15/h9H,3-8H2,1-2H3,(H3,14,15)/t9-,13+/m0/s1. The minimum Gasteiger partial charge on any atom is -0.465 e. The van der Waals surface area contributed by atoms with Crippen molar-refractivity contribution in [2.24, 2.45) is 11.1 Å². The minimum atomic E-state index is -1.17. The predicted octanol–water partition coefficient (Wildman–Crippen LogP) is 1.67. The van der Waals surface area contributed by atoms with Crippen molar-refractivity contribution >= 4 is 28.9 Å². The molecule has 0 saturated carbocycles. The zero-order valence-corrected chi connectivity index (χ0v) is 12.8. The average molecular weight is 302 g/mol. The lowest BCUT2D eigenvalue weighted by atomic mass is 9.80. The monoisotopic (exact) mass is 302 g/mol. The van der Waals surface area contributed by atoms with Gasteiger partial charge in [0.2, 0.25) is 0 Å². The molecule has 0 aromatic heterocycles. The van der Waals surface area contributed by atoms with Gasteiger partial charge < -0.3 is 15.2 Å². The lowest BCUT2D eigenvalue weighted by Gasteiger charge is -2.22. The predicted molar refractivity (Wildman–Crippen MR) is 77.5 cm³/mol. The Labute approximate surface area is 123 Å². The molecule has 7 heteroatoms. The number of hydrogen-bond donors (Lipinski definition) is 2. The molecule has 1 fully saturated rings. The van der Waals surface area contributed by atoms with E-state index in [4.69, 9.17) is 20.6 Å². The Bertz CT molecular complexity index is 389. The number of nitrogens with one attached hydrogen (secondary N) is 1. The third-order valence-corrected chi connectivity index (χ3v) is 4.14. The van der Waals surface area contributed by atoms with Gasteiger partial charge in [0.05, 0.1) is 6.61 Å². The molecule has 1 aliphatic heterocycles. The van der Waals surface area contributed by atoms with Crippen molar-refractivity contribution in [1.82, 2.24) is 0 Å². The number of carbonyl (C=O) groups excluding carboxylic acids is 2. The minimum absolute atomic E-state index is 0.0248. The van der Waals surface area contributed by atoms with Gasteiger partial charge in [0, 0.05) is 12.2 Å². The maximum absolute atomic E-state index is 12.2. The first kappa shape index (κ1) is 16.8. The average Bonchev–Trinajstić information content (AvgIpc) is 2.72. The number of ether oxygens (including phenoxy) is 2. The molecule has 114 valence electrons. The van der Waals surface area contributed by atoms with E-state index in [2.05, 4.69) is 0 Å². The summed E-state index contributed by atoms with van der Waals surface area (Å²) < 4.78 is 10.3. The molecule has 0 aromatic carbocycles. The second kappa shape index (κ2) is 7.52. The summed E-state index contributed by atoms with van der Waals surface area (Å²) in [6.07, 6.45) is 2.02. The molecule has 2 atom stereocenters. The van der Waals surface area contributed by atoms with Gasteiger partial charge in [-0.25, -0.2) is 0 Å². The Morgan fingerprint density at radius 3 is 2.85 bits per heavy atom. The van der Waals surface area contributed by atoms with Crippen LogP contribution in [0.5, 0.6) is 0 Å². The van der Waals surface area contributed by atoms with Crippen molar-refractivity contribution in [2.75, 3.05) is 12.4 Å². The van der Waals surface area contributed by atoms with Crippen LogP contribution in [0.1, 0.15) is 39.5 Å². The van der Waals surface area contributed by atoms with Crippen LogP contribution in [-0.2, 0) is 19.1 Å². The fourth-order valence-corrected chi connectivity index (χ4v) is 2.83. The summed E-state index contributed by atoms with van der Waals surface area (Å²) in [7, 11) is 0. The molecule has 1 saturated heterocycles. The van der Waals surface area contributed by atoms with Crippen LogP contribution in [0.25, 0.3) is 0 Å². The number of amidine groups is 1. The number of esters is 2. The molecule has 0 unspecified atom stereocenters. The summed E-state index contributed by atoms with van der Waals surface area (Å²) in [6.45, 7) is 3.96. The molecule has 1 heterocycles. The van der Waals surface area contributed by atoms with Gasteiger partial charge in [0.15, 0.2) is 10.6 Å². The van der Waals surface area contributed by atoms with Crippen molar-refractivity contribution in [2.45, 2.75) is 45.6 Å². The second-order valence-electron chi connectivity index (χ2n) is 4.81. The molecule has 3 N–H and O–H groups in total. The Morgan fingerprint density at radius 1 is 1.60 bits per heavy atom. The fraction of sp³-hybridized carbons (Fsp3) is 0.769. The number of carbonyl (C=O) groups is 2. The molecular formula is C13H22N2O4S. The van der Waals surface area contributed by atoms with Crippen LogP contribution in [0, 0.1) is 10.8 Å². The Kier molecular flexibility index (Phi) is 6.32. The van der Waals surface area contributed by atoms with Crippen LogP contribution in [0.2, 0.25) is 0 Å². The quantitative estimate of drug-likeness (QED) is 0.321. The first-order chi connectivity index (χ1) is 9.46. The third kappa shape index (κ3) is 3.88. The van der Waals surface area contributed by atoms with E-state index in [1.807, 2.05) is 6.92 Å². The van der Waals surface area contributed by atoms with E-state index in [9.17, 15) is 9.59 Å². The van der Waals surface area contributed by atoms with Gasteiger partial charge in [0.25, 0.3) is 0 Å². The van der Waals surface area contributed by atoms with E-state index in [0.29, 0.717) is 18.6 Å². The maximum Gasteiger partial charge on any atom is 0.323 e. The molecule has 0 spiro atoms. The van der Waals surface area contributed by atoms with E-state index >= 15 is 0 Å². The summed E-state index contributed by atoms with van der Waals surface area (Å²) in [5.74, 6) is -0.596. The van der Waals surface area contributed by atoms with E-state index in [0.717, 1.165) is 24.6 Å². The highest BCUT2D eigenvalue weighted by Gasteiger charge is 2.55. The van der Waals surface area contributed by atoms with Crippen LogP contribution in [-0.4, -0.2) is 35.6 Å². The van der Waals surface area contributed by atoms with Crippen LogP contribution in [0.4, 0.5) is 0 Å². The van der Waals surface area contributed by atoms with Crippen molar-refractivity contribution in [1.29, 1.82) is 5.41 Å². The number of cyclic esters (lactones) is 1. The van der Waals surface area contributed by atoms with Crippen molar-refractivity contribution in [3.05, 3.63) is 0 Å². The first-order valence-corrected chi connectivity index (χ1v) is 7.80. The highest BCUT2D eigenvalue weighted by atomic mass is 32.2. The molecule has 1 aliphatic rings. The number of nitrogens with two attached hydrogens (primary N) is 1. The second-order valence-corrected chi connectivity index (χ2v) is 5.87. The third-order valence-electron chi connectivity index (χ3n) is 3.29. The van der Waals surface area contributed by atoms with Gasteiger partial charge in [0.1, 0.15) is 6.10 Å². The van der Waals surface area contributed by atoms with Gasteiger partial charge in [-0.3, -0.25) is 15.0 Å². The van der Waals surface area contributed by atoms with E-state index in [1.54, 1.807) is 6.92 Å². The zero-order chi connectivity index (χ0) is 15.2. The molecule has 0 radical (unpaired) electrons. The molecular weight excluding hydrogens is 280 g/mol. The largest absolute Gasteiger partial charge is 0.465 e. The number of hydrogen-bond acceptors (Lipinski definition) is 6. The Hall–Kier alpha value is -1.24. The molecule has 0 aromatic rings. The lowest BCUT2D eigenvalue weighted by molar-refractivity contribution is -0.165. The van der Waals surface area contributed by atoms with Gasteiger partial charge in [-0.15, -0.1) is 0 Å². The Balaban J connectivity index is 2.79. The molecule has 20 heavy (non-hydrogen) atoms. The van der Waals surface area contributed by atoms with Crippen molar-refractivity contribution < 1.29 is 19.1 Å². The summed E-state index contributed by atoms with van der Waals surface area (Å²) in [4.78, 5) is 24.3. The fourth-order valence-electron chi connectivity index (χ4n) is 2.27. The molecule has 0 bridgehead atoms. The van der Waals surface area contributed by atoms with Gasteiger partial charge in [-0.05, 0) is 13.3 Å². The molecule has 1 rings (SSSR count). The van der Waals surface area contributed by atoms with Crippen LogP contribution in [0.3, 0.4) is 0 Å². The molecule has 6 nitrogen and oxygen atoms in total. The molecule has 0 amide bonds. The van der Waals surface area contributed by atoms with Crippen LogP contribution >= 0.6 is 11.8 Å². The van der Waals surface area contributed by atoms with Gasteiger partial charge in [-0.1, -0.05) is 31.5 Å². The Morgan fingerprint density at radius 2 is 2.30 bits per heavy atom. The first-order valence-electron chi connectivity index (χ1n) is 6.81. The van der Waals surface area contributed by atoms with E-state index < -0.39 is 23.5 Å². The van der Waals surface area contributed by atoms with Crippen LogP contribution < -0.4 is 5.73 Å². The highest BCUT2D eigenvalue weighted by molar-refractivity contribution is 8.13. The lowest BCUT2D eigenvalue weighted by Crippen LogP contribution is -2.37. The zero-order valence-electron chi connectivity index (χ0n) is 11.9. The maximum atomic E-state index is 12.2. The smallest absolute Gasteiger partial charge is 0.323 e. The molecule has 0 aliphatic carbocycles. The van der Waals surface area contributed by atoms with Gasteiger partial charge >= 0.3 is 11.9 Å². The number of unbranched alkanes of at least 4 members (excludes halogenated alkanes) is 1.